The van der Waals surface area contributed by atoms with Gasteiger partial charge in [0.1, 0.15) is 5.70 Å². The third kappa shape index (κ3) is 3.69. The van der Waals surface area contributed by atoms with E-state index < -0.39 is 11.4 Å². The predicted molar refractivity (Wildman–Crippen MR) is 154 cm³/mol. The van der Waals surface area contributed by atoms with Crippen LogP contribution in [0.2, 0.25) is 5.02 Å². The van der Waals surface area contributed by atoms with Crippen LogP contribution < -0.4 is 16.2 Å². The Bertz CT molecular complexity index is 1730. The number of guanidine groups is 1. The lowest BCUT2D eigenvalue weighted by Crippen LogP contribution is -2.65. The molecule has 1 aliphatic carbocycles. The van der Waals surface area contributed by atoms with Crippen LogP contribution in [0, 0.1) is 0 Å². The van der Waals surface area contributed by atoms with Crippen LogP contribution in [-0.2, 0) is 15.1 Å². The molecule has 0 saturated carbocycles. The van der Waals surface area contributed by atoms with E-state index in [1.165, 1.54) is 5.01 Å². The molecule has 0 atom stereocenters. The molecule has 2 heterocycles. The second kappa shape index (κ2) is 9.21. The Morgan fingerprint density at radius 2 is 1.40 bits per heavy atom. The Balaban J connectivity index is 1.31. The Morgan fingerprint density at radius 1 is 0.775 bits per heavy atom. The summed E-state index contributed by atoms with van der Waals surface area (Å²) in [4.78, 5) is 31.9. The number of halogens is 1. The summed E-state index contributed by atoms with van der Waals surface area (Å²) in [7, 11) is 0. The fraction of sp³-hybridized carbons (Fsp3) is 0.0323. The molecule has 194 valence electrons. The van der Waals surface area contributed by atoms with E-state index in [-0.39, 0.29) is 17.6 Å². The van der Waals surface area contributed by atoms with Gasteiger partial charge < -0.3 is 0 Å². The minimum atomic E-state index is -1.21. The fourth-order valence-corrected chi connectivity index (χ4v) is 5.42. The molecule has 7 rings (SSSR count). The van der Waals surface area contributed by atoms with E-state index in [0.717, 1.165) is 33.4 Å². The smallest absolute Gasteiger partial charge is 0.288 e. The number of aliphatic imine (C=N–C) groups is 1. The van der Waals surface area contributed by atoms with Crippen LogP contribution in [0.15, 0.2) is 119 Å². The number of hydrogen-bond donors (Lipinski definition) is 3. The summed E-state index contributed by atoms with van der Waals surface area (Å²) in [5.41, 5.74) is 10.0. The van der Waals surface area contributed by atoms with E-state index in [0.29, 0.717) is 10.9 Å². The third-order valence-corrected chi connectivity index (χ3v) is 7.40. The summed E-state index contributed by atoms with van der Waals surface area (Å²) in [5, 5.41) is 9.52. The first-order chi connectivity index (χ1) is 19.5. The van der Waals surface area contributed by atoms with Gasteiger partial charge in [0.15, 0.2) is 11.4 Å². The van der Waals surface area contributed by atoms with Crippen molar-refractivity contribution in [3.8, 4) is 11.1 Å². The van der Waals surface area contributed by atoms with E-state index in [9.17, 15) is 9.59 Å². The maximum atomic E-state index is 14.0. The molecule has 3 aliphatic rings. The number of carbonyl (C=O) groups excluding carboxylic acids is 2. The van der Waals surface area contributed by atoms with E-state index in [1.807, 2.05) is 78.9 Å². The van der Waals surface area contributed by atoms with Gasteiger partial charge in [0.25, 0.3) is 11.8 Å². The molecule has 4 aromatic carbocycles. The molecule has 0 saturated heterocycles. The fourth-order valence-electron chi connectivity index (χ4n) is 5.29. The number of amides is 2. The quantitative estimate of drug-likeness (QED) is 0.326. The number of nitrogens with zero attached hydrogens (tertiary/aromatic N) is 3. The lowest BCUT2D eigenvalue weighted by atomic mass is 9.86. The lowest BCUT2D eigenvalue weighted by molar-refractivity contribution is -0.126. The van der Waals surface area contributed by atoms with Crippen molar-refractivity contribution in [3.63, 3.8) is 0 Å². The SMILES string of the molecule is O=C1NN(C2=NNC3(C(=O)N2)c2ccccc2-c2ccccc23)C(c2ccccc2)=N/C1=C/c1ccc(Cl)cc1. The maximum Gasteiger partial charge on any atom is 0.288 e. The number of rotatable bonds is 2. The summed E-state index contributed by atoms with van der Waals surface area (Å²) >= 11 is 6.02. The molecule has 0 radical (unpaired) electrons. The molecule has 8 nitrogen and oxygen atoms in total. The number of amidine groups is 1. The van der Waals surface area contributed by atoms with Crippen LogP contribution in [0.1, 0.15) is 22.3 Å². The Kier molecular flexibility index (Phi) is 5.50. The van der Waals surface area contributed by atoms with Crippen molar-refractivity contribution in [1.29, 1.82) is 0 Å². The summed E-state index contributed by atoms with van der Waals surface area (Å²) in [6.45, 7) is 0. The van der Waals surface area contributed by atoms with E-state index in [2.05, 4.69) is 21.3 Å². The summed E-state index contributed by atoms with van der Waals surface area (Å²) in [5.74, 6) is -0.286. The Morgan fingerprint density at radius 3 is 2.05 bits per heavy atom. The summed E-state index contributed by atoms with van der Waals surface area (Å²) < 4.78 is 0. The largest absolute Gasteiger partial charge is 0.291 e. The van der Waals surface area contributed by atoms with Crippen molar-refractivity contribution in [2.45, 2.75) is 5.54 Å². The number of benzene rings is 4. The van der Waals surface area contributed by atoms with Crippen molar-refractivity contribution in [1.82, 2.24) is 21.2 Å². The molecule has 1 spiro atoms. The van der Waals surface area contributed by atoms with Gasteiger partial charge in [0.2, 0.25) is 5.96 Å². The lowest BCUT2D eigenvalue weighted by Gasteiger charge is -2.38. The average Bonchev–Trinajstić information content (AvgIpc) is 3.27. The monoisotopic (exact) mass is 544 g/mol. The normalized spacial score (nSPS) is 17.8. The zero-order chi connectivity index (χ0) is 27.3. The molecule has 0 aromatic heterocycles. The Hall–Kier alpha value is -5.21. The minimum Gasteiger partial charge on any atom is -0.291 e. The highest BCUT2D eigenvalue weighted by Gasteiger charge is 2.52. The van der Waals surface area contributed by atoms with Gasteiger partial charge in [0.05, 0.1) is 0 Å². The van der Waals surface area contributed by atoms with Crippen molar-refractivity contribution in [2.24, 2.45) is 10.1 Å². The van der Waals surface area contributed by atoms with Crippen molar-refractivity contribution < 1.29 is 9.59 Å². The zero-order valence-corrected chi connectivity index (χ0v) is 21.7. The molecule has 9 heteroatoms. The van der Waals surface area contributed by atoms with Crippen LogP contribution in [0.25, 0.3) is 17.2 Å². The summed E-state index contributed by atoms with van der Waals surface area (Å²) in [6, 6.07) is 32.0. The van der Waals surface area contributed by atoms with Gasteiger partial charge in [0, 0.05) is 21.7 Å². The molecule has 3 N–H and O–H groups in total. The molecule has 2 amide bonds. The third-order valence-electron chi connectivity index (χ3n) is 7.15. The van der Waals surface area contributed by atoms with Gasteiger partial charge in [-0.15, -0.1) is 5.10 Å². The highest BCUT2D eigenvalue weighted by atomic mass is 35.5. The molecule has 0 fully saturated rings. The van der Waals surface area contributed by atoms with Crippen molar-refractivity contribution in [3.05, 3.63) is 136 Å². The second-order valence-electron chi connectivity index (χ2n) is 9.50. The number of hydrazone groups is 1. The highest BCUT2D eigenvalue weighted by Crippen LogP contribution is 2.48. The van der Waals surface area contributed by atoms with Gasteiger partial charge in [-0.1, -0.05) is 103 Å². The standard InChI is InChI=1S/C31H21ClN6O2/c32-21-16-14-19(15-17-21)18-26-28(39)36-38(27(33-26)20-8-2-1-3-9-20)30-34-29(40)31(37-35-30)24-12-6-4-10-22(24)23-11-5-7-13-25(23)31/h1-18,37H,(H,36,39)(H,34,35,40)/b26-18+. The zero-order valence-electron chi connectivity index (χ0n) is 20.9. The number of hydrazine groups is 1. The topological polar surface area (TPSA) is 98.2 Å². The van der Waals surface area contributed by atoms with Crippen LogP contribution in [0.3, 0.4) is 0 Å². The maximum absolute atomic E-state index is 14.0. The van der Waals surface area contributed by atoms with Crippen LogP contribution in [-0.4, -0.2) is 28.6 Å². The molecule has 0 unspecified atom stereocenters. The van der Waals surface area contributed by atoms with Crippen LogP contribution in [0.4, 0.5) is 0 Å². The van der Waals surface area contributed by atoms with Gasteiger partial charge in [-0.05, 0) is 34.9 Å². The number of fused-ring (bicyclic) bond motifs is 5. The number of hydrogen-bond acceptors (Lipinski definition) is 6. The van der Waals surface area contributed by atoms with Crippen molar-refractivity contribution in [2.75, 3.05) is 0 Å². The molecular weight excluding hydrogens is 524 g/mol. The van der Waals surface area contributed by atoms with Crippen LogP contribution >= 0.6 is 11.6 Å². The first-order valence-electron chi connectivity index (χ1n) is 12.6. The molecule has 0 bridgehead atoms. The van der Waals surface area contributed by atoms with E-state index >= 15 is 0 Å². The predicted octanol–water partition coefficient (Wildman–Crippen LogP) is 4.39. The number of nitrogens with one attached hydrogen (secondary N) is 3. The van der Waals surface area contributed by atoms with Gasteiger partial charge in [-0.2, -0.15) is 5.01 Å². The van der Waals surface area contributed by atoms with Gasteiger partial charge >= 0.3 is 0 Å². The molecule has 2 aliphatic heterocycles. The van der Waals surface area contributed by atoms with Crippen molar-refractivity contribution >= 4 is 41.3 Å². The minimum absolute atomic E-state index is 0.0963. The van der Waals surface area contributed by atoms with Gasteiger partial charge in [-0.3, -0.25) is 25.8 Å². The molecular formula is C31H21ClN6O2. The molecule has 4 aromatic rings. The number of carbonyl (C=O) groups is 2. The van der Waals surface area contributed by atoms with E-state index in [4.69, 9.17) is 16.6 Å². The van der Waals surface area contributed by atoms with Crippen LogP contribution in [0.5, 0.6) is 0 Å². The average molecular weight is 545 g/mol. The van der Waals surface area contributed by atoms with Gasteiger partial charge in [-0.25, -0.2) is 4.99 Å². The first-order valence-corrected chi connectivity index (χ1v) is 13.0. The summed E-state index contributed by atoms with van der Waals surface area (Å²) in [6.07, 6.45) is 1.67. The Labute approximate surface area is 234 Å². The van der Waals surface area contributed by atoms with E-state index in [1.54, 1.807) is 30.3 Å². The second-order valence-corrected chi connectivity index (χ2v) is 9.94. The first kappa shape index (κ1) is 23.9. The molecule has 40 heavy (non-hydrogen) atoms. The highest BCUT2D eigenvalue weighted by molar-refractivity contribution is 6.30.